The second-order valence-electron chi connectivity index (χ2n) is 1.95. The van der Waals surface area contributed by atoms with Crippen molar-refractivity contribution < 1.29 is 4.39 Å². The Labute approximate surface area is 84.8 Å². The van der Waals surface area contributed by atoms with Gasteiger partial charge in [-0.05, 0) is 6.07 Å². The van der Waals surface area contributed by atoms with E-state index in [4.69, 9.17) is 35.1 Å². The third-order valence-electron chi connectivity index (χ3n) is 1.21. The predicted octanol–water partition coefficient (Wildman–Crippen LogP) is 3.50. The third-order valence-corrected chi connectivity index (χ3v) is 2.13. The van der Waals surface area contributed by atoms with E-state index in [0.29, 0.717) is 15.6 Å². The Balaban J connectivity index is 3.00. The van der Waals surface area contributed by atoms with Gasteiger partial charge in [-0.25, -0.2) is 0 Å². The molecule has 0 bridgehead atoms. The van der Waals surface area contributed by atoms with Crippen molar-refractivity contribution in [3.8, 4) is 0 Å². The molecule has 0 unspecified atom stereocenters. The molecule has 0 saturated carbocycles. The van der Waals surface area contributed by atoms with Gasteiger partial charge in [0.2, 0.25) is 0 Å². The molecule has 1 aromatic carbocycles. The molecule has 1 aromatic rings. The molecule has 0 aliphatic heterocycles. The van der Waals surface area contributed by atoms with Crippen LogP contribution >= 0.6 is 35.1 Å². The molecule has 0 saturated heterocycles. The number of halogens is 3. The van der Waals surface area contributed by atoms with Gasteiger partial charge in [-0.1, -0.05) is 40.5 Å². The molecule has 0 aromatic heterocycles. The Hall–Kier alpha value is -0.440. The van der Waals surface area contributed by atoms with E-state index in [-0.39, 0.29) is 0 Å². The molecule has 0 spiro atoms. The smallest absolute Gasteiger partial charge is 0.167 e. The van der Waals surface area contributed by atoms with Crippen LogP contribution in [0.3, 0.4) is 0 Å². The van der Waals surface area contributed by atoms with Crippen LogP contribution in [-0.4, -0.2) is 6.21 Å². The molecule has 0 heterocycles. The minimum Gasteiger partial charge on any atom is -0.277 e. The number of hydrogen-bond acceptors (Lipinski definition) is 2. The molecule has 0 atom stereocenters. The predicted molar refractivity (Wildman–Crippen MR) is 51.0 cm³/mol. The van der Waals surface area contributed by atoms with Crippen LogP contribution < -0.4 is 0 Å². The van der Waals surface area contributed by atoms with Crippen molar-refractivity contribution in [2.24, 2.45) is 5.16 Å². The monoisotopic (exact) mass is 223 g/mol. The molecule has 0 fully saturated rings. The maximum atomic E-state index is 5.81. The minimum atomic E-state index is 0.427. The average Bonchev–Trinajstić information content (AvgIpc) is 2.08. The average molecular weight is 224 g/mol. The van der Waals surface area contributed by atoms with Crippen LogP contribution in [0.4, 0.5) is 0 Å². The van der Waals surface area contributed by atoms with E-state index in [2.05, 4.69) is 9.55 Å². The van der Waals surface area contributed by atoms with Crippen LogP contribution in [0.15, 0.2) is 23.4 Å². The zero-order chi connectivity index (χ0) is 8.97. The third kappa shape index (κ3) is 2.27. The lowest BCUT2D eigenvalue weighted by Crippen LogP contribution is -1.82. The lowest BCUT2D eigenvalue weighted by Gasteiger charge is -1.97. The summed E-state index contributed by atoms with van der Waals surface area (Å²) in [5.41, 5.74) is 0.657. The Morgan fingerprint density at radius 1 is 1.33 bits per heavy atom. The molecule has 64 valence electrons. The standard InChI is InChI=1S/C7H4Cl3NO/c8-6-3-1-2-5(7(6)9)4-11-12-10/h1-4H. The summed E-state index contributed by atoms with van der Waals surface area (Å²) in [6.07, 6.45) is 1.38. The first-order chi connectivity index (χ1) is 5.75. The fraction of sp³-hybridized carbons (Fsp3) is 0. The zero-order valence-corrected chi connectivity index (χ0v) is 8.07. The first-order valence-corrected chi connectivity index (χ1v) is 4.07. The molecule has 1 rings (SSSR count). The molecule has 0 radical (unpaired) electrons. The van der Waals surface area contributed by atoms with Crippen molar-refractivity contribution in [2.75, 3.05) is 0 Å². The number of benzene rings is 1. The summed E-state index contributed by atoms with van der Waals surface area (Å²) >= 11 is 16.4. The second-order valence-corrected chi connectivity index (χ2v) is 2.87. The van der Waals surface area contributed by atoms with Gasteiger partial charge in [-0.3, -0.25) is 4.39 Å². The molecule has 0 aliphatic carbocycles. The Kier molecular flexibility index (Phi) is 3.66. The highest BCUT2D eigenvalue weighted by Gasteiger charge is 2.00. The fourth-order valence-electron chi connectivity index (χ4n) is 0.697. The number of nitrogens with zero attached hydrogens (tertiary/aromatic N) is 1. The maximum Gasteiger partial charge on any atom is 0.167 e. The van der Waals surface area contributed by atoms with Crippen molar-refractivity contribution >= 4 is 41.3 Å². The summed E-state index contributed by atoms with van der Waals surface area (Å²) in [5, 5.41) is 4.24. The minimum absolute atomic E-state index is 0.427. The van der Waals surface area contributed by atoms with E-state index in [9.17, 15) is 0 Å². The second kappa shape index (κ2) is 4.55. The molecular weight excluding hydrogens is 220 g/mol. The van der Waals surface area contributed by atoms with Crippen LogP contribution in [0.1, 0.15) is 5.56 Å². The van der Waals surface area contributed by atoms with Crippen molar-refractivity contribution in [2.45, 2.75) is 0 Å². The first kappa shape index (κ1) is 9.65. The van der Waals surface area contributed by atoms with Crippen LogP contribution in [0, 0.1) is 0 Å². The van der Waals surface area contributed by atoms with E-state index in [1.807, 2.05) is 0 Å². The summed E-state index contributed by atoms with van der Waals surface area (Å²) in [4.78, 5) is 0. The van der Waals surface area contributed by atoms with Crippen molar-refractivity contribution in [3.63, 3.8) is 0 Å². The van der Waals surface area contributed by atoms with E-state index in [0.717, 1.165) is 0 Å². The first-order valence-electron chi connectivity index (χ1n) is 3.01. The summed E-state index contributed by atoms with van der Waals surface area (Å²) in [7, 11) is 0. The topological polar surface area (TPSA) is 21.6 Å². The van der Waals surface area contributed by atoms with Crippen molar-refractivity contribution in [3.05, 3.63) is 33.8 Å². The summed E-state index contributed by atoms with van der Waals surface area (Å²) < 4.78 is 3.98. The molecule has 5 heteroatoms. The van der Waals surface area contributed by atoms with Crippen LogP contribution in [-0.2, 0) is 4.39 Å². The number of rotatable bonds is 2. The highest BCUT2D eigenvalue weighted by atomic mass is 35.5. The highest BCUT2D eigenvalue weighted by molar-refractivity contribution is 6.43. The molecule has 12 heavy (non-hydrogen) atoms. The fourth-order valence-corrected chi connectivity index (χ4v) is 1.09. The van der Waals surface area contributed by atoms with Crippen LogP contribution in [0.25, 0.3) is 0 Å². The van der Waals surface area contributed by atoms with Crippen LogP contribution in [0.2, 0.25) is 10.0 Å². The van der Waals surface area contributed by atoms with E-state index >= 15 is 0 Å². The molecule has 0 amide bonds. The van der Waals surface area contributed by atoms with Gasteiger partial charge in [0.1, 0.15) is 0 Å². The van der Waals surface area contributed by atoms with E-state index in [1.165, 1.54) is 6.21 Å². The largest absolute Gasteiger partial charge is 0.277 e. The molecular formula is C7H4Cl3NO. The normalized spacial score (nSPS) is 10.6. The van der Waals surface area contributed by atoms with Gasteiger partial charge in [-0.15, -0.1) is 0 Å². The van der Waals surface area contributed by atoms with Gasteiger partial charge in [0.15, 0.2) is 11.9 Å². The quantitative estimate of drug-likeness (QED) is 0.556. The van der Waals surface area contributed by atoms with E-state index < -0.39 is 0 Å². The van der Waals surface area contributed by atoms with Crippen molar-refractivity contribution in [1.82, 2.24) is 0 Å². The highest BCUT2D eigenvalue weighted by Crippen LogP contribution is 2.24. The summed E-state index contributed by atoms with van der Waals surface area (Å²) in [5.74, 6) is 0. The molecule has 0 aliphatic rings. The Morgan fingerprint density at radius 2 is 2.08 bits per heavy atom. The maximum absolute atomic E-state index is 5.81. The van der Waals surface area contributed by atoms with Gasteiger partial charge in [-0.2, -0.15) is 0 Å². The van der Waals surface area contributed by atoms with Crippen LogP contribution in [0.5, 0.6) is 0 Å². The van der Waals surface area contributed by atoms with E-state index in [1.54, 1.807) is 18.2 Å². The van der Waals surface area contributed by atoms with Gasteiger partial charge < -0.3 is 0 Å². The zero-order valence-electron chi connectivity index (χ0n) is 5.80. The summed E-state index contributed by atoms with van der Waals surface area (Å²) in [6.45, 7) is 0. The Morgan fingerprint density at radius 3 is 2.75 bits per heavy atom. The number of oxime groups is 1. The van der Waals surface area contributed by atoms with Crippen molar-refractivity contribution in [1.29, 1.82) is 0 Å². The Bertz CT molecular complexity index is 301. The van der Waals surface area contributed by atoms with Gasteiger partial charge in [0.05, 0.1) is 16.3 Å². The lowest BCUT2D eigenvalue weighted by molar-refractivity contribution is 0.383. The van der Waals surface area contributed by atoms with Gasteiger partial charge in [0.25, 0.3) is 0 Å². The number of hydrogen-bond donors (Lipinski definition) is 0. The molecule has 0 N–H and O–H groups in total. The summed E-state index contributed by atoms with van der Waals surface area (Å²) in [6, 6.07) is 5.18. The SMILES string of the molecule is ClON=Cc1cccc(Cl)c1Cl. The molecule has 2 nitrogen and oxygen atoms in total. The van der Waals surface area contributed by atoms with Gasteiger partial charge in [0, 0.05) is 5.56 Å². The van der Waals surface area contributed by atoms with Gasteiger partial charge >= 0.3 is 0 Å². The lowest BCUT2D eigenvalue weighted by atomic mass is 10.2.